The molecular weight excluding hydrogens is 350 g/mol. The van der Waals surface area contributed by atoms with Crippen molar-refractivity contribution in [2.45, 2.75) is 37.6 Å². The molecule has 0 heterocycles. The largest absolute Gasteiger partial charge is 0.496 e. The number of sulfone groups is 1. The lowest BCUT2D eigenvalue weighted by atomic mass is 10.1. The van der Waals surface area contributed by atoms with Crippen LogP contribution in [0.3, 0.4) is 0 Å². The zero-order valence-corrected chi connectivity index (χ0v) is 16.4. The minimum Gasteiger partial charge on any atom is -0.496 e. The van der Waals surface area contributed by atoms with E-state index in [9.17, 15) is 13.2 Å². The van der Waals surface area contributed by atoms with Gasteiger partial charge in [0.2, 0.25) is 5.91 Å². The van der Waals surface area contributed by atoms with Gasteiger partial charge in [-0.25, -0.2) is 8.42 Å². The molecule has 1 unspecified atom stereocenters. The number of hydrogen-bond donors (Lipinski definition) is 1. The van der Waals surface area contributed by atoms with E-state index in [-0.39, 0.29) is 16.8 Å². The van der Waals surface area contributed by atoms with E-state index in [1.807, 2.05) is 32.0 Å². The van der Waals surface area contributed by atoms with Gasteiger partial charge < -0.3 is 10.1 Å². The minimum absolute atomic E-state index is 0.0434. The number of carbonyl (C=O) groups excluding carboxylic acids is 1. The lowest BCUT2D eigenvalue weighted by Crippen LogP contribution is -2.26. The highest BCUT2D eigenvalue weighted by Gasteiger charge is 2.12. The van der Waals surface area contributed by atoms with Gasteiger partial charge in [-0.3, -0.25) is 4.79 Å². The molecule has 2 aromatic carbocycles. The molecule has 0 saturated carbocycles. The van der Waals surface area contributed by atoms with Gasteiger partial charge in [-0.15, -0.1) is 0 Å². The Hall–Kier alpha value is -2.34. The highest BCUT2D eigenvalue weighted by Crippen LogP contribution is 2.20. The number of amides is 1. The molecule has 140 valence electrons. The van der Waals surface area contributed by atoms with Crippen molar-refractivity contribution in [3.8, 4) is 5.75 Å². The van der Waals surface area contributed by atoms with E-state index in [4.69, 9.17) is 4.74 Å². The SMILES string of the molecule is COc1ccc(CCC(=O)NC(C)c2ccc(S(C)(=O)=O)cc2)cc1C. The molecule has 0 aliphatic rings. The van der Waals surface area contributed by atoms with Crippen molar-refractivity contribution < 1.29 is 17.9 Å². The molecule has 0 fully saturated rings. The maximum absolute atomic E-state index is 12.2. The second kappa shape index (κ2) is 8.36. The van der Waals surface area contributed by atoms with Crippen molar-refractivity contribution in [1.82, 2.24) is 5.32 Å². The summed E-state index contributed by atoms with van der Waals surface area (Å²) in [5.74, 6) is 0.794. The summed E-state index contributed by atoms with van der Waals surface area (Å²) in [6.45, 7) is 3.86. The zero-order valence-electron chi connectivity index (χ0n) is 15.6. The number of nitrogens with one attached hydrogen (secondary N) is 1. The van der Waals surface area contributed by atoms with Gasteiger partial charge in [0.05, 0.1) is 18.0 Å². The molecule has 0 radical (unpaired) electrons. The first-order valence-electron chi connectivity index (χ1n) is 8.43. The lowest BCUT2D eigenvalue weighted by Gasteiger charge is -2.15. The van der Waals surface area contributed by atoms with Crippen LogP contribution in [-0.2, 0) is 21.1 Å². The summed E-state index contributed by atoms with van der Waals surface area (Å²) in [7, 11) is -1.57. The number of methoxy groups -OCH3 is 1. The Balaban J connectivity index is 1.91. The number of ether oxygens (including phenoxy) is 1. The van der Waals surface area contributed by atoms with E-state index in [1.54, 1.807) is 31.4 Å². The Labute approximate surface area is 155 Å². The van der Waals surface area contributed by atoms with Crippen molar-refractivity contribution in [1.29, 1.82) is 0 Å². The smallest absolute Gasteiger partial charge is 0.220 e. The van der Waals surface area contributed by atoms with Gasteiger partial charge in [0.15, 0.2) is 9.84 Å². The van der Waals surface area contributed by atoms with E-state index in [1.165, 1.54) is 6.26 Å². The van der Waals surface area contributed by atoms with Gasteiger partial charge in [0.1, 0.15) is 5.75 Å². The van der Waals surface area contributed by atoms with Crippen molar-refractivity contribution >= 4 is 15.7 Å². The molecule has 1 amide bonds. The first kappa shape index (κ1) is 20.0. The van der Waals surface area contributed by atoms with Crippen LogP contribution in [0, 0.1) is 6.92 Å². The highest BCUT2D eigenvalue weighted by atomic mass is 32.2. The van der Waals surface area contributed by atoms with Crippen LogP contribution in [0.25, 0.3) is 0 Å². The van der Waals surface area contributed by atoms with Crippen LogP contribution in [0.4, 0.5) is 0 Å². The molecular formula is C20H25NO4S. The van der Waals surface area contributed by atoms with Crippen LogP contribution in [-0.4, -0.2) is 27.7 Å². The summed E-state index contributed by atoms with van der Waals surface area (Å²) in [4.78, 5) is 12.5. The molecule has 1 N–H and O–H groups in total. The summed E-state index contributed by atoms with van der Waals surface area (Å²) >= 11 is 0. The fraction of sp³-hybridized carbons (Fsp3) is 0.350. The zero-order chi connectivity index (χ0) is 19.3. The molecule has 0 saturated heterocycles. The summed E-state index contributed by atoms with van der Waals surface area (Å²) in [6, 6.07) is 12.3. The van der Waals surface area contributed by atoms with Gasteiger partial charge in [0.25, 0.3) is 0 Å². The van der Waals surface area contributed by atoms with E-state index < -0.39 is 9.84 Å². The molecule has 0 aliphatic heterocycles. The number of carbonyl (C=O) groups is 1. The second-order valence-electron chi connectivity index (χ2n) is 6.43. The molecule has 2 aromatic rings. The number of benzene rings is 2. The Morgan fingerprint density at radius 3 is 2.35 bits per heavy atom. The summed E-state index contributed by atoms with van der Waals surface area (Å²) in [5.41, 5.74) is 3.00. The monoisotopic (exact) mass is 375 g/mol. The topological polar surface area (TPSA) is 72.5 Å². The van der Waals surface area contributed by atoms with Gasteiger partial charge >= 0.3 is 0 Å². The van der Waals surface area contributed by atoms with E-state index in [0.717, 1.165) is 22.4 Å². The van der Waals surface area contributed by atoms with E-state index >= 15 is 0 Å². The highest BCUT2D eigenvalue weighted by molar-refractivity contribution is 7.90. The first-order valence-corrected chi connectivity index (χ1v) is 10.3. The Morgan fingerprint density at radius 2 is 1.81 bits per heavy atom. The van der Waals surface area contributed by atoms with Crippen LogP contribution >= 0.6 is 0 Å². The molecule has 26 heavy (non-hydrogen) atoms. The predicted molar refractivity (Wildman–Crippen MR) is 102 cm³/mol. The third-order valence-electron chi connectivity index (χ3n) is 4.29. The number of aryl methyl sites for hydroxylation is 2. The van der Waals surface area contributed by atoms with Crippen molar-refractivity contribution in [2.24, 2.45) is 0 Å². The Morgan fingerprint density at radius 1 is 1.15 bits per heavy atom. The molecule has 0 aliphatic carbocycles. The van der Waals surface area contributed by atoms with E-state index in [0.29, 0.717) is 12.8 Å². The van der Waals surface area contributed by atoms with Crippen LogP contribution in [0.5, 0.6) is 5.75 Å². The van der Waals surface area contributed by atoms with Gasteiger partial charge in [-0.1, -0.05) is 24.3 Å². The molecule has 0 bridgehead atoms. The molecule has 0 aromatic heterocycles. The lowest BCUT2D eigenvalue weighted by molar-refractivity contribution is -0.121. The van der Waals surface area contributed by atoms with Crippen LogP contribution in [0.15, 0.2) is 47.4 Å². The average Bonchev–Trinajstić information content (AvgIpc) is 2.59. The standard InChI is InChI=1S/C20H25NO4S/c1-14-13-16(5-11-19(14)25-3)6-12-20(22)21-15(2)17-7-9-18(10-8-17)26(4,23)24/h5,7-11,13,15H,6,12H2,1-4H3,(H,21,22). The summed E-state index contributed by atoms with van der Waals surface area (Å²) in [6.07, 6.45) is 2.21. The Bertz CT molecular complexity index is 873. The van der Waals surface area contributed by atoms with Crippen molar-refractivity contribution in [3.63, 3.8) is 0 Å². The van der Waals surface area contributed by atoms with Crippen LogP contribution < -0.4 is 10.1 Å². The second-order valence-corrected chi connectivity index (χ2v) is 8.45. The van der Waals surface area contributed by atoms with Crippen LogP contribution in [0.1, 0.15) is 36.1 Å². The predicted octanol–water partition coefficient (Wildman–Crippen LogP) is 3.22. The Kier molecular flexibility index (Phi) is 6.42. The van der Waals surface area contributed by atoms with Gasteiger partial charge in [-0.05, 0) is 55.2 Å². The fourth-order valence-electron chi connectivity index (χ4n) is 2.75. The van der Waals surface area contributed by atoms with Crippen molar-refractivity contribution in [2.75, 3.05) is 13.4 Å². The number of hydrogen-bond acceptors (Lipinski definition) is 4. The average molecular weight is 375 g/mol. The van der Waals surface area contributed by atoms with Gasteiger partial charge in [0, 0.05) is 12.7 Å². The summed E-state index contributed by atoms with van der Waals surface area (Å²) in [5, 5.41) is 2.95. The molecule has 2 rings (SSSR count). The molecule has 1 atom stereocenters. The number of rotatable bonds is 7. The molecule has 6 heteroatoms. The quantitative estimate of drug-likeness (QED) is 0.806. The third-order valence-corrected chi connectivity index (χ3v) is 5.41. The first-order chi connectivity index (χ1) is 12.2. The molecule has 0 spiro atoms. The normalized spacial score (nSPS) is 12.5. The summed E-state index contributed by atoms with van der Waals surface area (Å²) < 4.78 is 28.2. The molecule has 5 nitrogen and oxygen atoms in total. The third kappa shape index (κ3) is 5.33. The van der Waals surface area contributed by atoms with Crippen LogP contribution in [0.2, 0.25) is 0 Å². The van der Waals surface area contributed by atoms with Gasteiger partial charge in [-0.2, -0.15) is 0 Å². The maximum atomic E-state index is 12.2. The maximum Gasteiger partial charge on any atom is 0.220 e. The minimum atomic E-state index is -3.21. The fourth-order valence-corrected chi connectivity index (χ4v) is 3.39. The van der Waals surface area contributed by atoms with E-state index in [2.05, 4.69) is 5.32 Å². The van der Waals surface area contributed by atoms with Crippen molar-refractivity contribution in [3.05, 3.63) is 59.2 Å².